The molecule has 6 aliphatic rings. The van der Waals surface area contributed by atoms with Crippen LogP contribution in [0.1, 0.15) is 66.7 Å². The Balaban J connectivity index is 1.34. The molecule has 0 aromatic carbocycles. The molecule has 0 aromatic heterocycles. The Kier molecular flexibility index (Phi) is 5.39. The summed E-state index contributed by atoms with van der Waals surface area (Å²) in [6, 6.07) is 0. The van der Waals surface area contributed by atoms with Crippen molar-refractivity contribution in [2.24, 2.45) is 29.1 Å². The van der Waals surface area contributed by atoms with Gasteiger partial charge >= 0.3 is 11.9 Å². The summed E-state index contributed by atoms with van der Waals surface area (Å²) in [5.74, 6) is -2.28. The fourth-order valence-electron chi connectivity index (χ4n) is 9.23. The zero-order chi connectivity index (χ0) is 27.6. The molecule has 11 atom stereocenters. The van der Waals surface area contributed by atoms with Gasteiger partial charge in [0, 0.05) is 24.0 Å². The number of fused-ring (bicyclic) bond motifs is 4. The number of rotatable bonds is 2. The normalized spacial score (nSPS) is 51.7. The Morgan fingerprint density at radius 1 is 1.16 bits per heavy atom. The van der Waals surface area contributed by atoms with Crippen LogP contribution >= 0.6 is 0 Å². The van der Waals surface area contributed by atoms with E-state index in [2.05, 4.69) is 13.5 Å². The van der Waals surface area contributed by atoms with Crippen molar-refractivity contribution in [2.75, 3.05) is 0 Å². The van der Waals surface area contributed by atoms with Crippen molar-refractivity contribution in [3.05, 3.63) is 36.0 Å². The second kappa shape index (κ2) is 7.80. The van der Waals surface area contributed by atoms with Gasteiger partial charge in [0.15, 0.2) is 0 Å². The maximum Gasteiger partial charge on any atom is 0.333 e. The third kappa shape index (κ3) is 3.23. The first kappa shape index (κ1) is 26.2. The van der Waals surface area contributed by atoms with Crippen molar-refractivity contribution in [3.63, 3.8) is 0 Å². The molecule has 1 saturated heterocycles. The van der Waals surface area contributed by atoms with Crippen molar-refractivity contribution in [1.29, 1.82) is 0 Å². The summed E-state index contributed by atoms with van der Waals surface area (Å²) >= 11 is 0. The molecule has 0 unspecified atom stereocenters. The fourth-order valence-corrected chi connectivity index (χ4v) is 9.23. The SMILES string of the molecule is C=C1[C@@H]2C[C@]3(O)[C@H]4O[C@]45C=CC(=O)OC(C)(C)[C@@H]5[C@H](O)C[C@H]3[C@]2(C)CC[C@@]1(O)[C@H](C)[C@H]1CC=C(C)C(=O)O1. The molecule has 1 spiro atoms. The first-order valence-electron chi connectivity index (χ1n) is 13.9. The third-order valence-corrected chi connectivity index (χ3v) is 11.4. The topological polar surface area (TPSA) is 126 Å². The molecule has 0 bridgehead atoms. The average molecular weight is 529 g/mol. The van der Waals surface area contributed by atoms with E-state index in [1.165, 1.54) is 6.08 Å². The van der Waals surface area contributed by atoms with Gasteiger partial charge in [0.05, 0.1) is 23.2 Å². The first-order valence-corrected chi connectivity index (χ1v) is 13.9. The second-order valence-corrected chi connectivity index (χ2v) is 13.6. The number of carbonyl (C=O) groups excluding carboxylic acids is 2. The van der Waals surface area contributed by atoms with Gasteiger partial charge in [0.1, 0.15) is 23.4 Å². The zero-order valence-electron chi connectivity index (χ0n) is 22.9. The molecule has 3 N–H and O–H groups in total. The molecule has 0 amide bonds. The zero-order valence-corrected chi connectivity index (χ0v) is 22.9. The van der Waals surface area contributed by atoms with Crippen LogP contribution in [0.3, 0.4) is 0 Å². The van der Waals surface area contributed by atoms with Gasteiger partial charge in [-0.25, -0.2) is 9.59 Å². The van der Waals surface area contributed by atoms with Gasteiger partial charge in [-0.15, -0.1) is 0 Å². The van der Waals surface area contributed by atoms with Crippen LogP contribution < -0.4 is 0 Å². The molecule has 8 nitrogen and oxygen atoms in total. The number of aliphatic hydroxyl groups is 3. The number of esters is 2. The van der Waals surface area contributed by atoms with Crippen LogP contribution in [0, 0.1) is 29.1 Å². The summed E-state index contributed by atoms with van der Waals surface area (Å²) in [6.07, 6.45) is 5.18. The minimum Gasteiger partial charge on any atom is -0.458 e. The molecule has 3 saturated carbocycles. The van der Waals surface area contributed by atoms with Crippen LogP contribution in [-0.2, 0) is 23.8 Å². The second-order valence-electron chi connectivity index (χ2n) is 13.6. The van der Waals surface area contributed by atoms with E-state index >= 15 is 0 Å². The molecule has 8 heteroatoms. The molecule has 3 aliphatic carbocycles. The van der Waals surface area contributed by atoms with Crippen molar-refractivity contribution >= 4 is 11.9 Å². The Bertz CT molecular complexity index is 1170. The average Bonchev–Trinajstić information content (AvgIpc) is 3.54. The van der Waals surface area contributed by atoms with Crippen molar-refractivity contribution < 1.29 is 39.1 Å². The highest BCUT2D eigenvalue weighted by atomic mass is 16.6. The summed E-state index contributed by atoms with van der Waals surface area (Å²) in [5.41, 5.74) is -3.74. The lowest BCUT2D eigenvalue weighted by molar-refractivity contribution is -0.163. The van der Waals surface area contributed by atoms with Gasteiger partial charge in [0.25, 0.3) is 0 Å². The molecule has 208 valence electrons. The lowest BCUT2D eigenvalue weighted by Crippen LogP contribution is -2.54. The van der Waals surface area contributed by atoms with E-state index in [1.807, 2.05) is 13.0 Å². The molecule has 6 rings (SSSR count). The van der Waals surface area contributed by atoms with E-state index in [1.54, 1.807) is 26.8 Å². The highest BCUT2D eigenvalue weighted by molar-refractivity contribution is 5.88. The molecule has 4 fully saturated rings. The summed E-state index contributed by atoms with van der Waals surface area (Å²) in [5, 5.41) is 36.1. The van der Waals surface area contributed by atoms with Crippen molar-refractivity contribution in [2.45, 2.75) is 107 Å². The Morgan fingerprint density at radius 3 is 2.55 bits per heavy atom. The molecular weight excluding hydrogens is 488 g/mol. The molecule has 38 heavy (non-hydrogen) atoms. The van der Waals surface area contributed by atoms with Gasteiger partial charge in [-0.1, -0.05) is 26.5 Å². The number of hydrogen-bond acceptors (Lipinski definition) is 8. The van der Waals surface area contributed by atoms with Crippen LogP contribution in [0.2, 0.25) is 0 Å². The van der Waals surface area contributed by atoms with Gasteiger partial charge in [0.2, 0.25) is 0 Å². The van der Waals surface area contributed by atoms with Crippen LogP contribution in [0.4, 0.5) is 0 Å². The quantitative estimate of drug-likeness (QED) is 0.284. The van der Waals surface area contributed by atoms with Gasteiger partial charge < -0.3 is 29.5 Å². The molecular formula is C30H40O8. The lowest BCUT2D eigenvalue weighted by Gasteiger charge is -2.52. The number of epoxide rings is 1. The van der Waals surface area contributed by atoms with Crippen molar-refractivity contribution in [3.8, 4) is 0 Å². The first-order chi connectivity index (χ1) is 17.6. The van der Waals surface area contributed by atoms with Crippen molar-refractivity contribution in [1.82, 2.24) is 0 Å². The number of cyclic esters (lactones) is 2. The van der Waals surface area contributed by atoms with Gasteiger partial charge in [-0.05, 0) is 75.4 Å². The number of carbonyl (C=O) groups is 2. The minimum absolute atomic E-state index is 0.221. The summed E-state index contributed by atoms with van der Waals surface area (Å²) in [7, 11) is 0. The van der Waals surface area contributed by atoms with Crippen LogP contribution in [0.25, 0.3) is 0 Å². The van der Waals surface area contributed by atoms with Gasteiger partial charge in [-0.2, -0.15) is 0 Å². The minimum atomic E-state index is -1.28. The Morgan fingerprint density at radius 2 is 1.87 bits per heavy atom. The maximum absolute atomic E-state index is 12.4. The smallest absolute Gasteiger partial charge is 0.333 e. The lowest BCUT2D eigenvalue weighted by atomic mass is 9.55. The van der Waals surface area contributed by atoms with E-state index in [-0.39, 0.29) is 23.7 Å². The Labute approximate surface area is 223 Å². The largest absolute Gasteiger partial charge is 0.458 e. The van der Waals surface area contributed by atoms with Crippen LogP contribution in [0.5, 0.6) is 0 Å². The van der Waals surface area contributed by atoms with E-state index in [4.69, 9.17) is 14.2 Å². The number of ether oxygens (including phenoxy) is 3. The molecule has 0 aromatic rings. The molecule has 3 heterocycles. The van der Waals surface area contributed by atoms with Crippen LogP contribution in [-0.4, -0.2) is 68.0 Å². The van der Waals surface area contributed by atoms with E-state index in [0.29, 0.717) is 43.3 Å². The number of hydrogen-bond donors (Lipinski definition) is 3. The highest BCUT2D eigenvalue weighted by Crippen LogP contribution is 2.72. The fraction of sp³-hybridized carbons (Fsp3) is 0.733. The standard InChI is InChI=1S/C30H40O8/c1-15-7-8-20(36-24(15)33)17(3)28(34)12-11-27(6)18(16(28)2)14-29(35)21(27)13-19(31)23-26(4,5)37-22(32)9-10-30(23)25(29)38-30/h7,9-10,17-21,23,25,31,34-35H,2,8,11-14H2,1,3-6H3/t17-,18+,19-,20-,21+,23+,25-,27-,28+,29-,30+/m1/s1. The monoisotopic (exact) mass is 528 g/mol. The third-order valence-electron chi connectivity index (χ3n) is 11.4. The van der Waals surface area contributed by atoms with Gasteiger partial charge in [-0.3, -0.25) is 0 Å². The van der Waals surface area contributed by atoms with E-state index < -0.39 is 58.0 Å². The summed E-state index contributed by atoms with van der Waals surface area (Å²) in [6.45, 7) is 13.8. The maximum atomic E-state index is 12.4. The summed E-state index contributed by atoms with van der Waals surface area (Å²) < 4.78 is 17.7. The van der Waals surface area contributed by atoms with E-state index in [0.717, 1.165) is 0 Å². The highest BCUT2D eigenvalue weighted by Gasteiger charge is 2.80. The number of aliphatic hydroxyl groups excluding tert-OH is 1. The predicted octanol–water partition coefficient (Wildman–Crippen LogP) is 2.75. The summed E-state index contributed by atoms with van der Waals surface area (Å²) in [4.78, 5) is 24.6. The molecule has 3 aliphatic heterocycles. The molecule has 0 radical (unpaired) electrons. The predicted molar refractivity (Wildman–Crippen MR) is 136 cm³/mol. The van der Waals surface area contributed by atoms with E-state index in [9.17, 15) is 24.9 Å². The van der Waals surface area contributed by atoms with Crippen LogP contribution in [0.15, 0.2) is 36.0 Å². The Hall–Kier alpha value is -2.00.